The molecule has 0 bridgehead atoms. The second kappa shape index (κ2) is 13.8. The first-order valence-electron chi connectivity index (χ1n) is 16.3. The summed E-state index contributed by atoms with van der Waals surface area (Å²) < 4.78 is 35.6. The van der Waals surface area contributed by atoms with Crippen molar-refractivity contribution in [3.63, 3.8) is 0 Å². The standard InChI is InChI=1S/C37H39Cl2N5O5S/c1-21-18-27(19-22(2)33(21)39)49-17-8-12-28-29-13-14-30(38)32(31-23(3)40-42(5)24(31)4)34(29)44-16-9-15-43(37(46)35(28)44)26-11-7-10-25(20-26)36(45)41-50(6,47)48/h7,10-11,13-14,18-20H,8-9,12,15-17H2,1-6H3,(H,41,45). The summed E-state index contributed by atoms with van der Waals surface area (Å²) >= 11 is 13.4. The molecule has 0 radical (unpaired) electrons. The molecular formula is C37H39Cl2N5O5S. The van der Waals surface area contributed by atoms with Gasteiger partial charge >= 0.3 is 0 Å². The third-order valence-electron chi connectivity index (χ3n) is 9.20. The fourth-order valence-corrected chi connectivity index (χ4v) is 7.73. The summed E-state index contributed by atoms with van der Waals surface area (Å²) in [5, 5.41) is 6.89. The number of sulfonamides is 1. The summed E-state index contributed by atoms with van der Waals surface area (Å²) in [5.74, 6) is -0.247. The van der Waals surface area contributed by atoms with Gasteiger partial charge in [-0.15, -0.1) is 0 Å². The molecule has 262 valence electrons. The van der Waals surface area contributed by atoms with Crippen LogP contribution >= 0.6 is 23.2 Å². The van der Waals surface area contributed by atoms with Crippen LogP contribution in [0.25, 0.3) is 22.0 Å². The highest BCUT2D eigenvalue weighted by atomic mass is 35.5. The van der Waals surface area contributed by atoms with Gasteiger partial charge in [-0.3, -0.25) is 14.3 Å². The largest absolute Gasteiger partial charge is 0.494 e. The lowest BCUT2D eigenvalue weighted by molar-refractivity contribution is 0.0971. The van der Waals surface area contributed by atoms with Crippen LogP contribution in [0.15, 0.2) is 48.5 Å². The van der Waals surface area contributed by atoms with Gasteiger partial charge in [-0.1, -0.05) is 35.3 Å². The number of anilines is 1. The van der Waals surface area contributed by atoms with E-state index >= 15 is 0 Å². The maximum absolute atomic E-state index is 14.8. The predicted molar refractivity (Wildman–Crippen MR) is 198 cm³/mol. The van der Waals surface area contributed by atoms with E-state index in [1.54, 1.807) is 23.1 Å². The molecule has 0 fully saturated rings. The molecule has 50 heavy (non-hydrogen) atoms. The average molecular weight is 737 g/mol. The third kappa shape index (κ3) is 6.74. The Morgan fingerprint density at radius 3 is 2.38 bits per heavy atom. The monoisotopic (exact) mass is 735 g/mol. The summed E-state index contributed by atoms with van der Waals surface area (Å²) in [6.07, 6.45) is 2.72. The second-order valence-electron chi connectivity index (χ2n) is 12.9. The lowest BCUT2D eigenvalue weighted by atomic mass is 9.98. The van der Waals surface area contributed by atoms with Gasteiger partial charge in [-0.25, -0.2) is 13.1 Å². The second-order valence-corrected chi connectivity index (χ2v) is 15.4. The SMILES string of the molecule is Cc1cc(OCCCc2c3n(c4c(-c5c(C)nn(C)c5C)c(Cl)ccc24)CCCN(c2cccc(C(=O)NS(C)(=O)=O)c2)C3=O)cc(C)c1Cl. The number of ether oxygens (including phenoxy) is 1. The summed E-state index contributed by atoms with van der Waals surface area (Å²) in [6.45, 7) is 9.22. The molecule has 2 aromatic heterocycles. The Morgan fingerprint density at radius 2 is 1.72 bits per heavy atom. The number of aromatic nitrogens is 3. The molecule has 1 aliphatic rings. The van der Waals surface area contributed by atoms with Crippen molar-refractivity contribution < 1.29 is 22.7 Å². The van der Waals surface area contributed by atoms with E-state index in [1.165, 1.54) is 6.07 Å². The van der Waals surface area contributed by atoms with Crippen LogP contribution in [0.1, 0.15) is 61.8 Å². The normalized spacial score (nSPS) is 13.4. The zero-order chi connectivity index (χ0) is 36.1. The third-order valence-corrected chi connectivity index (χ3v) is 10.7. The van der Waals surface area contributed by atoms with Gasteiger partial charge < -0.3 is 14.2 Å². The molecule has 0 atom stereocenters. The minimum atomic E-state index is -3.77. The van der Waals surface area contributed by atoms with Crippen LogP contribution in [0.3, 0.4) is 0 Å². The molecule has 0 spiro atoms. The number of carbonyl (C=O) groups excluding carboxylic acids is 2. The highest BCUT2D eigenvalue weighted by molar-refractivity contribution is 7.89. The van der Waals surface area contributed by atoms with Crippen molar-refractivity contribution in [2.45, 2.75) is 53.5 Å². The molecule has 3 heterocycles. The molecule has 10 nitrogen and oxygen atoms in total. The molecule has 1 aliphatic heterocycles. The summed E-state index contributed by atoms with van der Waals surface area (Å²) in [5.41, 5.74) is 8.39. The topological polar surface area (TPSA) is 116 Å². The predicted octanol–water partition coefficient (Wildman–Crippen LogP) is 7.33. The molecule has 6 rings (SSSR count). The Bertz CT molecular complexity index is 2270. The van der Waals surface area contributed by atoms with E-state index in [4.69, 9.17) is 27.9 Å². The summed E-state index contributed by atoms with van der Waals surface area (Å²) in [6, 6.07) is 14.2. The van der Waals surface area contributed by atoms with E-state index in [0.717, 1.165) is 67.1 Å². The van der Waals surface area contributed by atoms with E-state index in [9.17, 15) is 18.0 Å². The van der Waals surface area contributed by atoms with Crippen molar-refractivity contribution in [1.29, 1.82) is 0 Å². The van der Waals surface area contributed by atoms with Gasteiger partial charge in [0.1, 0.15) is 11.4 Å². The average Bonchev–Trinajstić information content (AvgIpc) is 3.42. The first-order valence-corrected chi connectivity index (χ1v) is 19.0. The van der Waals surface area contributed by atoms with Gasteiger partial charge in [-0.05, 0) is 100 Å². The zero-order valence-corrected chi connectivity index (χ0v) is 31.2. The number of benzene rings is 3. The molecular weight excluding hydrogens is 697 g/mol. The van der Waals surface area contributed by atoms with Crippen LogP contribution in [0.2, 0.25) is 10.0 Å². The van der Waals surface area contributed by atoms with Gasteiger partial charge in [0, 0.05) is 58.6 Å². The van der Waals surface area contributed by atoms with Crippen molar-refractivity contribution in [2.75, 3.05) is 24.3 Å². The summed E-state index contributed by atoms with van der Waals surface area (Å²) in [7, 11) is -1.87. The zero-order valence-electron chi connectivity index (χ0n) is 28.9. The van der Waals surface area contributed by atoms with Crippen molar-refractivity contribution in [2.24, 2.45) is 7.05 Å². The van der Waals surface area contributed by atoms with E-state index in [-0.39, 0.29) is 11.5 Å². The Labute approximate surface area is 302 Å². The number of nitrogens with zero attached hydrogens (tertiary/aromatic N) is 4. The lowest BCUT2D eigenvalue weighted by Crippen LogP contribution is -2.32. The highest BCUT2D eigenvalue weighted by Gasteiger charge is 2.32. The number of hydrogen-bond acceptors (Lipinski definition) is 6. The van der Waals surface area contributed by atoms with Gasteiger partial charge in [0.25, 0.3) is 11.8 Å². The number of nitrogens with one attached hydrogen (secondary N) is 1. The number of aryl methyl sites for hydroxylation is 6. The molecule has 0 saturated heterocycles. The molecule has 3 aromatic carbocycles. The van der Waals surface area contributed by atoms with Crippen LogP contribution in [0.5, 0.6) is 5.75 Å². The van der Waals surface area contributed by atoms with Gasteiger partial charge in [-0.2, -0.15) is 5.10 Å². The fourth-order valence-electron chi connectivity index (χ4n) is 6.92. The Morgan fingerprint density at radius 1 is 1.00 bits per heavy atom. The van der Waals surface area contributed by atoms with Crippen molar-refractivity contribution in [3.8, 4) is 16.9 Å². The highest BCUT2D eigenvalue weighted by Crippen LogP contribution is 2.43. The van der Waals surface area contributed by atoms with Crippen LogP contribution in [-0.4, -0.2) is 54.0 Å². The molecule has 13 heteroatoms. The number of hydrogen-bond donors (Lipinski definition) is 1. The lowest BCUT2D eigenvalue weighted by Gasteiger charge is -2.22. The number of fused-ring (bicyclic) bond motifs is 3. The van der Waals surface area contributed by atoms with E-state index in [0.29, 0.717) is 55.4 Å². The summed E-state index contributed by atoms with van der Waals surface area (Å²) in [4.78, 5) is 29.2. The maximum Gasteiger partial charge on any atom is 0.275 e. The van der Waals surface area contributed by atoms with E-state index in [1.807, 2.05) is 68.4 Å². The molecule has 0 saturated carbocycles. The maximum atomic E-state index is 14.8. The molecule has 5 aromatic rings. The number of rotatable bonds is 9. The van der Waals surface area contributed by atoms with Crippen LogP contribution < -0.4 is 14.4 Å². The fraction of sp³-hybridized carbons (Fsp3) is 0.324. The van der Waals surface area contributed by atoms with E-state index in [2.05, 4.69) is 9.67 Å². The van der Waals surface area contributed by atoms with Crippen molar-refractivity contribution >= 4 is 61.6 Å². The van der Waals surface area contributed by atoms with Crippen LogP contribution in [0.4, 0.5) is 5.69 Å². The Kier molecular flexibility index (Phi) is 9.78. The van der Waals surface area contributed by atoms with Crippen molar-refractivity contribution in [3.05, 3.63) is 97.9 Å². The quantitative estimate of drug-likeness (QED) is 0.159. The van der Waals surface area contributed by atoms with Crippen molar-refractivity contribution in [1.82, 2.24) is 19.1 Å². The van der Waals surface area contributed by atoms with Crippen LogP contribution in [-0.2, 0) is 30.0 Å². The Balaban J connectivity index is 1.45. The number of halogens is 2. The van der Waals surface area contributed by atoms with Gasteiger partial charge in [0.15, 0.2) is 0 Å². The Hall–Kier alpha value is -4.32. The number of carbonyl (C=O) groups is 2. The first kappa shape index (κ1) is 35.5. The molecule has 0 unspecified atom stereocenters. The van der Waals surface area contributed by atoms with Gasteiger partial charge in [0.2, 0.25) is 10.0 Å². The molecule has 1 N–H and O–H groups in total. The minimum Gasteiger partial charge on any atom is -0.494 e. The van der Waals surface area contributed by atoms with Crippen LogP contribution in [0, 0.1) is 27.7 Å². The first-order chi connectivity index (χ1) is 23.7. The molecule has 0 aliphatic carbocycles. The molecule has 2 amide bonds. The van der Waals surface area contributed by atoms with E-state index < -0.39 is 15.9 Å². The van der Waals surface area contributed by atoms with Gasteiger partial charge in [0.05, 0.1) is 29.1 Å². The number of amides is 2. The smallest absolute Gasteiger partial charge is 0.275 e. The minimum absolute atomic E-state index is 0.132.